The molecule has 0 spiro atoms. The zero-order chi connectivity index (χ0) is 20.1. The van der Waals surface area contributed by atoms with Gasteiger partial charge in [-0.15, -0.1) is 0 Å². The lowest BCUT2D eigenvalue weighted by Gasteiger charge is -2.35. The molecule has 0 N–H and O–H groups in total. The van der Waals surface area contributed by atoms with Crippen LogP contribution in [-0.4, -0.2) is 65.1 Å². The van der Waals surface area contributed by atoms with Crippen LogP contribution in [0, 0.1) is 6.92 Å². The summed E-state index contributed by atoms with van der Waals surface area (Å²) in [4.78, 5) is 42.0. The Morgan fingerprint density at radius 2 is 1.68 bits per heavy atom. The summed E-state index contributed by atoms with van der Waals surface area (Å²) in [5.74, 6) is -0.0973. The van der Waals surface area contributed by atoms with Crippen LogP contribution < -0.4 is 0 Å². The maximum atomic E-state index is 12.7. The molecule has 148 valence electrons. The van der Waals surface area contributed by atoms with Crippen molar-refractivity contribution in [3.05, 3.63) is 59.5 Å². The van der Waals surface area contributed by atoms with Gasteiger partial charge in [-0.2, -0.15) is 0 Å². The fourth-order valence-corrected chi connectivity index (χ4v) is 3.25. The second-order valence-corrected chi connectivity index (χ2v) is 6.95. The molecule has 2 heterocycles. The van der Waals surface area contributed by atoms with Crippen molar-refractivity contribution >= 4 is 17.7 Å². The molecule has 3 rings (SSSR count). The molecule has 7 nitrogen and oxygen atoms in total. The molecular weight excluding hydrogens is 358 g/mol. The van der Waals surface area contributed by atoms with Crippen molar-refractivity contribution in [2.75, 3.05) is 32.7 Å². The Balaban J connectivity index is 1.55. The van der Waals surface area contributed by atoms with Gasteiger partial charge in [0.05, 0.1) is 6.26 Å². The largest absolute Gasteiger partial charge is 0.459 e. The van der Waals surface area contributed by atoms with Gasteiger partial charge in [0.25, 0.3) is 5.91 Å². The summed E-state index contributed by atoms with van der Waals surface area (Å²) in [7, 11) is 0. The minimum Gasteiger partial charge on any atom is -0.459 e. The number of carbonyl (C=O) groups is 3. The maximum absolute atomic E-state index is 12.7. The molecular formula is C21H25N3O4. The summed E-state index contributed by atoms with van der Waals surface area (Å²) >= 11 is 0. The highest BCUT2D eigenvalue weighted by Crippen LogP contribution is 2.13. The Kier molecular flexibility index (Phi) is 6.13. The van der Waals surface area contributed by atoms with Crippen molar-refractivity contribution in [3.8, 4) is 0 Å². The number of nitrogens with zero attached hydrogens (tertiary/aromatic N) is 3. The number of benzene rings is 1. The van der Waals surface area contributed by atoms with Crippen molar-refractivity contribution < 1.29 is 18.8 Å². The van der Waals surface area contributed by atoms with E-state index in [1.54, 1.807) is 26.8 Å². The molecule has 0 atom stereocenters. The maximum Gasteiger partial charge on any atom is 0.289 e. The fraction of sp³-hybridized carbons (Fsp3) is 0.381. The molecule has 0 saturated carbocycles. The highest BCUT2D eigenvalue weighted by molar-refractivity contribution is 5.91. The van der Waals surface area contributed by atoms with Crippen LogP contribution in [0.5, 0.6) is 0 Å². The van der Waals surface area contributed by atoms with Crippen LogP contribution in [-0.2, 0) is 16.1 Å². The molecule has 1 aliphatic heterocycles. The third-order valence-electron chi connectivity index (χ3n) is 5.05. The second kappa shape index (κ2) is 8.73. The van der Waals surface area contributed by atoms with E-state index < -0.39 is 0 Å². The molecule has 0 radical (unpaired) electrons. The first-order valence-electron chi connectivity index (χ1n) is 9.36. The SMILES string of the molecule is CC(=O)N(CC(=O)N1CCN(C(=O)c2ccco2)CC1)Cc1ccccc1C. The summed E-state index contributed by atoms with van der Waals surface area (Å²) in [5.41, 5.74) is 2.12. The number of furan rings is 1. The van der Waals surface area contributed by atoms with Crippen LogP contribution in [0.1, 0.15) is 28.6 Å². The molecule has 2 aromatic rings. The van der Waals surface area contributed by atoms with Gasteiger partial charge >= 0.3 is 0 Å². The Labute approximate surface area is 164 Å². The number of aryl methyl sites for hydroxylation is 1. The topological polar surface area (TPSA) is 74.1 Å². The van der Waals surface area contributed by atoms with Gasteiger partial charge in [0.2, 0.25) is 11.8 Å². The summed E-state index contributed by atoms with van der Waals surface area (Å²) < 4.78 is 5.15. The molecule has 0 aliphatic carbocycles. The van der Waals surface area contributed by atoms with Crippen molar-refractivity contribution in [2.24, 2.45) is 0 Å². The first-order chi connectivity index (χ1) is 13.5. The molecule has 28 heavy (non-hydrogen) atoms. The minimum atomic E-state index is -0.165. The van der Waals surface area contributed by atoms with Crippen LogP contribution in [0.25, 0.3) is 0 Å². The van der Waals surface area contributed by atoms with Crippen LogP contribution in [0.15, 0.2) is 47.1 Å². The standard InChI is InChI=1S/C21H25N3O4/c1-16-6-3-4-7-18(16)14-24(17(2)25)15-20(26)22-9-11-23(12-10-22)21(27)19-8-5-13-28-19/h3-8,13H,9-12,14-15H2,1-2H3. The number of hydrogen-bond acceptors (Lipinski definition) is 4. The Morgan fingerprint density at radius 3 is 2.29 bits per heavy atom. The van der Waals surface area contributed by atoms with Gasteiger partial charge in [0.1, 0.15) is 6.54 Å². The van der Waals surface area contributed by atoms with E-state index in [1.807, 2.05) is 31.2 Å². The van der Waals surface area contributed by atoms with Crippen molar-refractivity contribution in [1.82, 2.24) is 14.7 Å². The first-order valence-corrected chi connectivity index (χ1v) is 9.36. The number of rotatable bonds is 5. The average Bonchev–Trinajstić information content (AvgIpc) is 3.23. The smallest absolute Gasteiger partial charge is 0.289 e. The van der Waals surface area contributed by atoms with Crippen molar-refractivity contribution in [2.45, 2.75) is 20.4 Å². The van der Waals surface area contributed by atoms with E-state index in [-0.39, 0.29) is 24.3 Å². The molecule has 1 saturated heterocycles. The van der Waals surface area contributed by atoms with Crippen LogP contribution >= 0.6 is 0 Å². The summed E-state index contributed by atoms with van der Waals surface area (Å²) in [6.07, 6.45) is 1.47. The first kappa shape index (κ1) is 19.7. The highest BCUT2D eigenvalue weighted by Gasteiger charge is 2.27. The second-order valence-electron chi connectivity index (χ2n) is 6.95. The van der Waals surface area contributed by atoms with Gasteiger partial charge in [-0.25, -0.2) is 0 Å². The quantitative estimate of drug-likeness (QED) is 0.791. The molecule has 0 unspecified atom stereocenters. The number of carbonyl (C=O) groups excluding carboxylic acids is 3. The van der Waals surface area contributed by atoms with Gasteiger partial charge in [0.15, 0.2) is 5.76 Å². The van der Waals surface area contributed by atoms with Gasteiger partial charge < -0.3 is 19.1 Å². The summed E-state index contributed by atoms with van der Waals surface area (Å²) in [5, 5.41) is 0. The van der Waals surface area contributed by atoms with Crippen LogP contribution in [0.2, 0.25) is 0 Å². The number of amides is 3. The van der Waals surface area contributed by atoms with E-state index in [0.717, 1.165) is 11.1 Å². The van der Waals surface area contributed by atoms with E-state index in [4.69, 9.17) is 4.42 Å². The third kappa shape index (κ3) is 4.60. The number of piperazine rings is 1. The minimum absolute atomic E-state index is 0.0375. The average molecular weight is 383 g/mol. The van der Waals surface area contributed by atoms with E-state index in [1.165, 1.54) is 13.2 Å². The zero-order valence-electron chi connectivity index (χ0n) is 16.3. The molecule has 0 bridgehead atoms. The molecule has 1 aliphatic rings. The molecule has 1 aromatic heterocycles. The third-order valence-corrected chi connectivity index (χ3v) is 5.05. The van der Waals surface area contributed by atoms with Crippen molar-refractivity contribution in [3.63, 3.8) is 0 Å². The van der Waals surface area contributed by atoms with Crippen LogP contribution in [0.4, 0.5) is 0 Å². The Bertz CT molecular complexity index is 839. The molecule has 3 amide bonds. The van der Waals surface area contributed by atoms with Gasteiger partial charge in [0, 0.05) is 39.6 Å². The van der Waals surface area contributed by atoms with Gasteiger partial charge in [-0.3, -0.25) is 14.4 Å². The van der Waals surface area contributed by atoms with E-state index in [2.05, 4.69) is 0 Å². The lowest BCUT2D eigenvalue weighted by Crippen LogP contribution is -2.52. The predicted octanol–water partition coefficient (Wildman–Crippen LogP) is 1.92. The molecule has 1 fully saturated rings. The predicted molar refractivity (Wildman–Crippen MR) is 103 cm³/mol. The molecule has 7 heteroatoms. The Morgan fingerprint density at radius 1 is 1.00 bits per heavy atom. The fourth-order valence-electron chi connectivity index (χ4n) is 3.25. The van der Waals surface area contributed by atoms with E-state index in [9.17, 15) is 14.4 Å². The van der Waals surface area contributed by atoms with Crippen LogP contribution in [0.3, 0.4) is 0 Å². The lowest BCUT2D eigenvalue weighted by molar-refractivity contribution is -0.140. The van der Waals surface area contributed by atoms with E-state index >= 15 is 0 Å². The van der Waals surface area contributed by atoms with E-state index in [0.29, 0.717) is 38.5 Å². The Hall–Kier alpha value is -3.09. The molecule has 1 aromatic carbocycles. The van der Waals surface area contributed by atoms with Gasteiger partial charge in [-0.1, -0.05) is 24.3 Å². The monoisotopic (exact) mass is 383 g/mol. The lowest BCUT2D eigenvalue weighted by atomic mass is 10.1. The normalized spacial score (nSPS) is 14.1. The summed E-state index contributed by atoms with van der Waals surface area (Å²) in [6.45, 7) is 5.70. The number of hydrogen-bond donors (Lipinski definition) is 0. The van der Waals surface area contributed by atoms with Gasteiger partial charge in [-0.05, 0) is 30.2 Å². The highest BCUT2D eigenvalue weighted by atomic mass is 16.3. The zero-order valence-corrected chi connectivity index (χ0v) is 16.3. The summed E-state index contributed by atoms with van der Waals surface area (Å²) in [6, 6.07) is 11.1. The van der Waals surface area contributed by atoms with Crippen molar-refractivity contribution in [1.29, 1.82) is 0 Å².